The number of aromatic nitrogens is 1. The molecule has 0 aromatic carbocycles. The van der Waals surface area contributed by atoms with E-state index in [9.17, 15) is 4.79 Å². The molecule has 1 fully saturated rings. The minimum absolute atomic E-state index is 0.00187. The smallest absolute Gasteiger partial charge is 0.267 e. The third kappa shape index (κ3) is 2.98. The molecule has 5 heteroatoms. The van der Waals surface area contributed by atoms with Crippen molar-refractivity contribution in [2.75, 3.05) is 6.54 Å². The predicted molar refractivity (Wildman–Crippen MR) is 71.5 cm³/mol. The molecule has 88 valence electrons. The monoisotopic (exact) mass is 333 g/mol. The number of H-pyrrole nitrogens is 1. The average Bonchev–Trinajstić information content (AvgIpc) is 2.65. The zero-order valence-corrected chi connectivity index (χ0v) is 11.4. The van der Waals surface area contributed by atoms with Crippen molar-refractivity contribution >= 4 is 28.5 Å². The minimum atomic E-state index is 0.00187. The Morgan fingerprint density at radius 1 is 1.62 bits per heavy atom. The second-order valence-electron chi connectivity index (χ2n) is 4.28. The topological polar surface area (TPSA) is 56.9 Å². The number of amides is 1. The SMILES string of the molecule is CC1CC(NC(=O)c2cc(I)c[nH]2)CCN1. The third-order valence-electron chi connectivity index (χ3n) is 2.85. The number of nitrogens with one attached hydrogen (secondary N) is 3. The minimum Gasteiger partial charge on any atom is -0.356 e. The molecule has 0 radical (unpaired) electrons. The van der Waals surface area contributed by atoms with E-state index in [1.165, 1.54) is 0 Å². The van der Waals surface area contributed by atoms with Gasteiger partial charge in [0.25, 0.3) is 5.91 Å². The van der Waals surface area contributed by atoms with Crippen LogP contribution in [0.25, 0.3) is 0 Å². The quantitative estimate of drug-likeness (QED) is 0.719. The fourth-order valence-corrected chi connectivity index (χ4v) is 2.49. The summed E-state index contributed by atoms with van der Waals surface area (Å²) in [7, 11) is 0. The molecule has 16 heavy (non-hydrogen) atoms. The van der Waals surface area contributed by atoms with Gasteiger partial charge < -0.3 is 15.6 Å². The molecule has 2 atom stereocenters. The maximum absolute atomic E-state index is 11.9. The molecular weight excluding hydrogens is 317 g/mol. The van der Waals surface area contributed by atoms with Gasteiger partial charge in [-0.2, -0.15) is 0 Å². The van der Waals surface area contributed by atoms with E-state index in [1.54, 1.807) is 0 Å². The van der Waals surface area contributed by atoms with Crippen molar-refractivity contribution in [1.29, 1.82) is 0 Å². The van der Waals surface area contributed by atoms with Crippen molar-refractivity contribution in [3.8, 4) is 0 Å². The van der Waals surface area contributed by atoms with Gasteiger partial charge in [-0.25, -0.2) is 0 Å². The van der Waals surface area contributed by atoms with E-state index in [-0.39, 0.29) is 5.91 Å². The Morgan fingerprint density at radius 2 is 2.44 bits per heavy atom. The van der Waals surface area contributed by atoms with Crippen molar-refractivity contribution in [2.45, 2.75) is 31.8 Å². The Morgan fingerprint density at radius 3 is 3.06 bits per heavy atom. The molecule has 2 unspecified atom stereocenters. The van der Waals surface area contributed by atoms with Gasteiger partial charge in [-0.3, -0.25) is 4.79 Å². The van der Waals surface area contributed by atoms with Gasteiger partial charge in [-0.05, 0) is 55.0 Å². The summed E-state index contributed by atoms with van der Waals surface area (Å²) in [5, 5.41) is 6.43. The van der Waals surface area contributed by atoms with Gasteiger partial charge in [0, 0.05) is 21.9 Å². The summed E-state index contributed by atoms with van der Waals surface area (Å²) in [5.41, 5.74) is 0.649. The second kappa shape index (κ2) is 5.18. The van der Waals surface area contributed by atoms with Gasteiger partial charge in [0.1, 0.15) is 5.69 Å². The molecule has 1 aliphatic rings. The molecule has 0 saturated carbocycles. The lowest BCUT2D eigenvalue weighted by Crippen LogP contribution is -2.46. The van der Waals surface area contributed by atoms with Crippen LogP contribution in [0.1, 0.15) is 30.3 Å². The summed E-state index contributed by atoms with van der Waals surface area (Å²) in [6, 6.07) is 2.65. The Labute approximate surface area is 109 Å². The Kier molecular flexibility index (Phi) is 3.86. The summed E-state index contributed by atoms with van der Waals surface area (Å²) >= 11 is 2.19. The number of carbonyl (C=O) groups excluding carboxylic acids is 1. The van der Waals surface area contributed by atoms with Crippen LogP contribution in [0.2, 0.25) is 0 Å². The molecule has 3 N–H and O–H groups in total. The van der Waals surface area contributed by atoms with E-state index >= 15 is 0 Å². The zero-order valence-electron chi connectivity index (χ0n) is 9.22. The van der Waals surface area contributed by atoms with E-state index < -0.39 is 0 Å². The van der Waals surface area contributed by atoms with Crippen LogP contribution in [0, 0.1) is 3.57 Å². The van der Waals surface area contributed by atoms with E-state index in [4.69, 9.17) is 0 Å². The van der Waals surface area contributed by atoms with Crippen LogP contribution in [0.4, 0.5) is 0 Å². The fraction of sp³-hybridized carbons (Fsp3) is 0.545. The lowest BCUT2D eigenvalue weighted by molar-refractivity contribution is 0.0921. The zero-order chi connectivity index (χ0) is 11.5. The van der Waals surface area contributed by atoms with Crippen LogP contribution in [0.15, 0.2) is 12.3 Å². The summed E-state index contributed by atoms with van der Waals surface area (Å²) < 4.78 is 1.06. The highest BCUT2D eigenvalue weighted by molar-refractivity contribution is 14.1. The molecule has 1 saturated heterocycles. The number of halogens is 1. The van der Waals surface area contributed by atoms with Crippen molar-refractivity contribution in [2.24, 2.45) is 0 Å². The highest BCUT2D eigenvalue weighted by atomic mass is 127. The number of hydrogen-bond acceptors (Lipinski definition) is 2. The maximum Gasteiger partial charge on any atom is 0.267 e. The molecule has 1 aromatic heterocycles. The van der Waals surface area contributed by atoms with Crippen LogP contribution < -0.4 is 10.6 Å². The van der Waals surface area contributed by atoms with Crippen LogP contribution in [-0.2, 0) is 0 Å². The van der Waals surface area contributed by atoms with E-state index in [0.29, 0.717) is 17.8 Å². The first-order chi connectivity index (χ1) is 7.65. The highest BCUT2D eigenvalue weighted by Gasteiger charge is 2.20. The largest absolute Gasteiger partial charge is 0.356 e. The molecule has 0 aliphatic carbocycles. The van der Waals surface area contributed by atoms with Crippen molar-refractivity contribution in [1.82, 2.24) is 15.6 Å². The highest BCUT2D eigenvalue weighted by Crippen LogP contribution is 2.10. The normalized spacial score (nSPS) is 25.4. The number of rotatable bonds is 2. The van der Waals surface area contributed by atoms with Crippen LogP contribution >= 0.6 is 22.6 Å². The molecule has 0 spiro atoms. The van der Waals surface area contributed by atoms with Gasteiger partial charge in [-0.15, -0.1) is 0 Å². The molecule has 1 aliphatic heterocycles. The maximum atomic E-state index is 11.9. The molecule has 0 bridgehead atoms. The van der Waals surface area contributed by atoms with Gasteiger partial charge in [0.05, 0.1) is 0 Å². The Balaban J connectivity index is 1.92. The first-order valence-corrected chi connectivity index (χ1v) is 6.61. The summed E-state index contributed by atoms with van der Waals surface area (Å²) in [6.07, 6.45) is 3.85. The van der Waals surface area contributed by atoms with Gasteiger partial charge in [0.15, 0.2) is 0 Å². The Hall–Kier alpha value is -0.560. The van der Waals surface area contributed by atoms with Crippen molar-refractivity contribution < 1.29 is 4.79 Å². The first-order valence-electron chi connectivity index (χ1n) is 5.53. The molecule has 1 amide bonds. The number of carbonyl (C=O) groups is 1. The standard InChI is InChI=1S/C11H16IN3O/c1-7-4-9(2-3-13-7)15-11(16)10-5-8(12)6-14-10/h5-7,9,13-14H,2-4H2,1H3,(H,15,16). The molecule has 2 heterocycles. The second-order valence-corrected chi connectivity index (χ2v) is 5.53. The fourth-order valence-electron chi connectivity index (χ4n) is 2.03. The van der Waals surface area contributed by atoms with Crippen LogP contribution in [-0.4, -0.2) is 29.5 Å². The van der Waals surface area contributed by atoms with Gasteiger partial charge >= 0.3 is 0 Å². The lowest BCUT2D eigenvalue weighted by atomic mass is 10.0. The predicted octanol–water partition coefficient (Wildman–Crippen LogP) is 1.49. The van der Waals surface area contributed by atoms with E-state index in [2.05, 4.69) is 45.1 Å². The summed E-state index contributed by atoms with van der Waals surface area (Å²) in [5.74, 6) is 0.00187. The van der Waals surface area contributed by atoms with Crippen LogP contribution in [0.5, 0.6) is 0 Å². The molecule has 2 rings (SSSR count). The number of hydrogen-bond donors (Lipinski definition) is 3. The van der Waals surface area contributed by atoms with Crippen molar-refractivity contribution in [3.05, 3.63) is 21.5 Å². The van der Waals surface area contributed by atoms with E-state index in [0.717, 1.165) is 23.0 Å². The molecule has 1 aromatic rings. The van der Waals surface area contributed by atoms with Crippen LogP contribution in [0.3, 0.4) is 0 Å². The molecule has 4 nitrogen and oxygen atoms in total. The van der Waals surface area contributed by atoms with Gasteiger partial charge in [-0.1, -0.05) is 0 Å². The van der Waals surface area contributed by atoms with Gasteiger partial charge in [0.2, 0.25) is 0 Å². The van der Waals surface area contributed by atoms with E-state index in [1.807, 2.05) is 12.3 Å². The molecular formula is C11H16IN3O. The van der Waals surface area contributed by atoms with Crippen molar-refractivity contribution in [3.63, 3.8) is 0 Å². The Bertz CT molecular complexity index is 377. The average molecular weight is 333 g/mol. The third-order valence-corrected chi connectivity index (χ3v) is 3.47. The first kappa shape index (κ1) is 11.9. The summed E-state index contributed by atoms with van der Waals surface area (Å²) in [4.78, 5) is 14.8. The lowest BCUT2D eigenvalue weighted by Gasteiger charge is -2.28. The number of piperidine rings is 1. The number of aromatic amines is 1. The summed E-state index contributed by atoms with van der Waals surface area (Å²) in [6.45, 7) is 3.13.